The molecular weight excluding hydrogens is 163 g/mol. The van der Waals surface area contributed by atoms with Gasteiger partial charge in [-0.1, -0.05) is 38.1 Å². The molecule has 12 heavy (non-hydrogen) atoms. The fourth-order valence-corrected chi connectivity index (χ4v) is 1.33. The highest BCUT2D eigenvalue weighted by Gasteiger charge is 1.95. The van der Waals surface area contributed by atoms with Crippen molar-refractivity contribution in [3.05, 3.63) is 29.8 Å². The quantitative estimate of drug-likeness (QED) is 0.627. The number of rotatable bonds is 3. The van der Waals surface area contributed by atoms with E-state index in [1.165, 1.54) is 23.7 Å². The van der Waals surface area contributed by atoms with Crippen molar-refractivity contribution in [2.24, 2.45) is 5.92 Å². The van der Waals surface area contributed by atoms with Gasteiger partial charge in [-0.05, 0) is 29.6 Å². The first-order chi connectivity index (χ1) is 5.68. The van der Waals surface area contributed by atoms with E-state index in [4.69, 9.17) is 0 Å². The molecule has 0 bridgehead atoms. The molecule has 0 aliphatic carbocycles. The Morgan fingerprint density at radius 1 is 1.17 bits per heavy atom. The highest BCUT2D eigenvalue weighted by atomic mass is 31.0. The van der Waals surface area contributed by atoms with Gasteiger partial charge in [0.05, 0.1) is 0 Å². The molecule has 66 valence electrons. The fourth-order valence-electron chi connectivity index (χ4n) is 1.14. The second-order valence-corrected chi connectivity index (χ2v) is 4.34. The monoisotopic (exact) mass is 180 g/mol. The molecule has 0 spiro atoms. The average Bonchev–Trinajstić information content (AvgIpc) is 2.03. The van der Waals surface area contributed by atoms with E-state index in [0.717, 1.165) is 5.92 Å². The normalized spacial score (nSPS) is 10.7. The van der Waals surface area contributed by atoms with Gasteiger partial charge in [0.1, 0.15) is 0 Å². The molecule has 0 amide bonds. The lowest BCUT2D eigenvalue weighted by molar-refractivity contribution is 0.587. The third-order valence-corrected chi connectivity index (χ3v) is 2.37. The molecule has 0 fully saturated rings. The van der Waals surface area contributed by atoms with Crippen LogP contribution in [-0.2, 0) is 6.42 Å². The lowest BCUT2D eigenvalue weighted by atomic mass is 10.0. The van der Waals surface area contributed by atoms with Crippen LogP contribution in [0.2, 0.25) is 0 Å². The summed E-state index contributed by atoms with van der Waals surface area (Å²) in [5.41, 5.74) is 1.45. The Hall–Kier alpha value is -0.350. The van der Waals surface area contributed by atoms with Crippen LogP contribution in [0.3, 0.4) is 0 Å². The van der Waals surface area contributed by atoms with Crippen molar-refractivity contribution in [3.8, 4) is 0 Å². The molecule has 0 heterocycles. The summed E-state index contributed by atoms with van der Waals surface area (Å²) in [4.78, 5) is 0. The number of hydrogen-bond acceptors (Lipinski definition) is 0. The van der Waals surface area contributed by atoms with Crippen molar-refractivity contribution in [2.75, 3.05) is 0 Å². The molecular formula is C11H17P. The Morgan fingerprint density at radius 3 is 2.25 bits per heavy atom. The van der Waals surface area contributed by atoms with Crippen LogP contribution in [-0.4, -0.2) is 0 Å². The van der Waals surface area contributed by atoms with Crippen molar-refractivity contribution in [1.29, 1.82) is 0 Å². The zero-order valence-electron chi connectivity index (χ0n) is 7.88. The zero-order valence-corrected chi connectivity index (χ0v) is 9.03. The molecule has 0 N–H and O–H groups in total. The SMILES string of the molecule is CC(C)CCc1ccc(P)cc1. The van der Waals surface area contributed by atoms with Crippen LogP contribution in [0.4, 0.5) is 0 Å². The van der Waals surface area contributed by atoms with E-state index < -0.39 is 0 Å². The molecule has 0 nitrogen and oxygen atoms in total. The first-order valence-corrected chi connectivity index (χ1v) is 5.10. The highest BCUT2D eigenvalue weighted by molar-refractivity contribution is 7.27. The molecule has 1 rings (SSSR count). The van der Waals surface area contributed by atoms with E-state index in [1.54, 1.807) is 0 Å². The average molecular weight is 180 g/mol. The Kier molecular flexibility index (Phi) is 3.75. The molecule has 1 aromatic carbocycles. The van der Waals surface area contributed by atoms with Crippen LogP contribution in [0.25, 0.3) is 0 Å². The first-order valence-electron chi connectivity index (χ1n) is 4.53. The minimum atomic E-state index is 0.806. The van der Waals surface area contributed by atoms with Crippen LogP contribution in [0.1, 0.15) is 25.8 Å². The maximum absolute atomic E-state index is 2.71. The lowest BCUT2D eigenvalue weighted by Crippen LogP contribution is -1.94. The Balaban J connectivity index is 2.48. The van der Waals surface area contributed by atoms with E-state index in [9.17, 15) is 0 Å². The summed E-state index contributed by atoms with van der Waals surface area (Å²) < 4.78 is 0. The third kappa shape index (κ3) is 3.36. The molecule has 1 aromatic rings. The van der Waals surface area contributed by atoms with Crippen molar-refractivity contribution < 1.29 is 0 Å². The highest BCUT2D eigenvalue weighted by Crippen LogP contribution is 2.08. The summed E-state index contributed by atoms with van der Waals surface area (Å²) in [6, 6.07) is 8.73. The van der Waals surface area contributed by atoms with Gasteiger partial charge in [0.2, 0.25) is 0 Å². The molecule has 1 heteroatoms. The van der Waals surface area contributed by atoms with Crippen LogP contribution in [0, 0.1) is 5.92 Å². The number of aryl methyl sites for hydroxylation is 1. The third-order valence-electron chi connectivity index (χ3n) is 1.99. The maximum Gasteiger partial charge on any atom is -0.0276 e. The molecule has 0 saturated carbocycles. The lowest BCUT2D eigenvalue weighted by Gasteiger charge is -2.04. The molecule has 0 aliphatic heterocycles. The van der Waals surface area contributed by atoms with Gasteiger partial charge in [-0.2, -0.15) is 0 Å². The molecule has 0 aromatic heterocycles. The van der Waals surface area contributed by atoms with E-state index in [1.807, 2.05) is 0 Å². The van der Waals surface area contributed by atoms with Gasteiger partial charge in [0.25, 0.3) is 0 Å². The minimum absolute atomic E-state index is 0.806. The van der Waals surface area contributed by atoms with Gasteiger partial charge in [0, 0.05) is 0 Å². The molecule has 0 radical (unpaired) electrons. The van der Waals surface area contributed by atoms with Crippen LogP contribution in [0.5, 0.6) is 0 Å². The molecule has 1 unspecified atom stereocenters. The summed E-state index contributed by atoms with van der Waals surface area (Å²) in [5, 5.41) is 1.27. The second-order valence-electron chi connectivity index (χ2n) is 3.67. The Bertz CT molecular complexity index is 223. The summed E-state index contributed by atoms with van der Waals surface area (Å²) in [6.45, 7) is 4.54. The van der Waals surface area contributed by atoms with Crippen molar-refractivity contribution >= 4 is 14.5 Å². The molecule has 0 saturated heterocycles. The van der Waals surface area contributed by atoms with Gasteiger partial charge >= 0.3 is 0 Å². The summed E-state index contributed by atoms with van der Waals surface area (Å²) in [6.07, 6.45) is 2.50. The van der Waals surface area contributed by atoms with Gasteiger partial charge in [0.15, 0.2) is 0 Å². The van der Waals surface area contributed by atoms with Crippen molar-refractivity contribution in [2.45, 2.75) is 26.7 Å². The number of hydrogen-bond donors (Lipinski definition) is 0. The molecule has 0 aliphatic rings. The minimum Gasteiger partial charge on any atom is -0.106 e. The predicted molar refractivity (Wildman–Crippen MR) is 58.9 cm³/mol. The van der Waals surface area contributed by atoms with Crippen LogP contribution in [0.15, 0.2) is 24.3 Å². The predicted octanol–water partition coefficient (Wildman–Crippen LogP) is 2.78. The van der Waals surface area contributed by atoms with E-state index in [-0.39, 0.29) is 0 Å². The van der Waals surface area contributed by atoms with E-state index >= 15 is 0 Å². The van der Waals surface area contributed by atoms with Gasteiger partial charge in [-0.3, -0.25) is 0 Å². The first kappa shape index (κ1) is 9.74. The van der Waals surface area contributed by atoms with E-state index in [2.05, 4.69) is 47.4 Å². The smallest absolute Gasteiger partial charge is 0.0276 e. The Labute approximate surface area is 77.6 Å². The largest absolute Gasteiger partial charge is 0.106 e. The second kappa shape index (κ2) is 4.62. The topological polar surface area (TPSA) is 0 Å². The van der Waals surface area contributed by atoms with Crippen molar-refractivity contribution in [1.82, 2.24) is 0 Å². The fraction of sp³-hybridized carbons (Fsp3) is 0.455. The summed E-state index contributed by atoms with van der Waals surface area (Å²) in [7, 11) is 2.71. The van der Waals surface area contributed by atoms with Gasteiger partial charge in [-0.15, -0.1) is 9.24 Å². The van der Waals surface area contributed by atoms with Crippen LogP contribution < -0.4 is 5.30 Å². The van der Waals surface area contributed by atoms with Crippen molar-refractivity contribution in [3.63, 3.8) is 0 Å². The Morgan fingerprint density at radius 2 is 1.75 bits per heavy atom. The maximum atomic E-state index is 2.71. The van der Waals surface area contributed by atoms with Crippen LogP contribution >= 0.6 is 9.24 Å². The van der Waals surface area contributed by atoms with E-state index in [0.29, 0.717) is 0 Å². The molecule has 1 atom stereocenters. The summed E-state index contributed by atoms with van der Waals surface area (Å²) >= 11 is 0. The standard InChI is InChI=1S/C11H17P/c1-9(2)3-4-10-5-7-11(12)8-6-10/h5-9H,3-4,12H2,1-2H3. The summed E-state index contributed by atoms with van der Waals surface area (Å²) in [5.74, 6) is 0.806. The number of benzene rings is 1. The van der Waals surface area contributed by atoms with Gasteiger partial charge < -0.3 is 0 Å². The van der Waals surface area contributed by atoms with Gasteiger partial charge in [-0.25, -0.2) is 0 Å². The zero-order chi connectivity index (χ0) is 8.97.